The van der Waals surface area contributed by atoms with Gasteiger partial charge in [-0.2, -0.15) is 0 Å². The smallest absolute Gasteiger partial charge is 0.194 e. The van der Waals surface area contributed by atoms with E-state index < -0.39 is 0 Å². The molecule has 0 bridgehead atoms. The summed E-state index contributed by atoms with van der Waals surface area (Å²) in [5.74, 6) is 0.784. The van der Waals surface area contributed by atoms with Gasteiger partial charge in [-0.3, -0.25) is 0 Å². The van der Waals surface area contributed by atoms with E-state index in [1.165, 1.54) is 26.9 Å². The van der Waals surface area contributed by atoms with Gasteiger partial charge in [0.1, 0.15) is 6.26 Å². The molecule has 0 fully saturated rings. The lowest BCUT2D eigenvalue weighted by Crippen LogP contribution is -2.41. The molecule has 0 N–H and O–H groups in total. The van der Waals surface area contributed by atoms with Crippen LogP contribution in [0, 0.1) is 0 Å². The van der Waals surface area contributed by atoms with Gasteiger partial charge < -0.3 is 9.32 Å². The summed E-state index contributed by atoms with van der Waals surface area (Å²) >= 11 is 1.76. The minimum atomic E-state index is -0.149. The molecule has 2 unspecified atom stereocenters. The van der Waals surface area contributed by atoms with Crippen molar-refractivity contribution in [3.63, 3.8) is 0 Å². The number of likely N-dealkylation sites (N-methyl/N-ethyl adjacent to an activating group) is 1. The zero-order chi connectivity index (χ0) is 19.1. The van der Waals surface area contributed by atoms with E-state index in [9.17, 15) is 0 Å². The Hall–Kier alpha value is -2.85. The van der Waals surface area contributed by atoms with Gasteiger partial charge in [-0.15, -0.1) is 11.3 Å². The lowest BCUT2D eigenvalue weighted by Gasteiger charge is -2.33. The summed E-state index contributed by atoms with van der Waals surface area (Å²) in [5, 5.41) is 4.70. The first kappa shape index (κ1) is 17.3. The lowest BCUT2D eigenvalue weighted by molar-refractivity contribution is 0.381. The number of rotatable bonds is 4. The topological polar surface area (TPSA) is 29.3 Å². The van der Waals surface area contributed by atoms with Gasteiger partial charge in [-0.05, 0) is 39.9 Å². The average molecular weight is 387 g/mol. The van der Waals surface area contributed by atoms with E-state index in [0.717, 1.165) is 12.3 Å². The van der Waals surface area contributed by atoms with E-state index >= 15 is 0 Å². The van der Waals surface area contributed by atoms with Gasteiger partial charge in [-0.1, -0.05) is 49.4 Å². The molecule has 0 saturated carbocycles. The Kier molecular flexibility index (Phi) is 4.09. The highest BCUT2D eigenvalue weighted by molar-refractivity contribution is 7.10. The minimum Gasteiger partial charge on any atom is -0.449 e. The number of hydrogen-bond donors (Lipinski definition) is 0. The highest BCUT2D eigenvalue weighted by atomic mass is 32.1. The van der Waals surface area contributed by atoms with Crippen molar-refractivity contribution < 1.29 is 4.42 Å². The first-order valence-corrected chi connectivity index (χ1v) is 10.4. The summed E-state index contributed by atoms with van der Waals surface area (Å²) in [7, 11) is 2.19. The number of oxazole rings is 1. The van der Waals surface area contributed by atoms with Crippen LogP contribution in [-0.2, 0) is 11.8 Å². The summed E-state index contributed by atoms with van der Waals surface area (Å²) in [6.07, 6.45) is 8.73. The van der Waals surface area contributed by atoms with E-state index in [2.05, 4.69) is 89.9 Å². The van der Waals surface area contributed by atoms with Crippen molar-refractivity contribution in [2.24, 2.45) is 0 Å². The normalized spacial score (nSPS) is 21.6. The second-order valence-corrected chi connectivity index (χ2v) is 8.61. The second kappa shape index (κ2) is 6.64. The number of benzene rings is 2. The van der Waals surface area contributed by atoms with Crippen molar-refractivity contribution in [2.45, 2.75) is 24.8 Å². The fourth-order valence-electron chi connectivity index (χ4n) is 4.64. The fourth-order valence-corrected chi connectivity index (χ4v) is 5.27. The molecule has 4 aromatic rings. The van der Waals surface area contributed by atoms with Crippen molar-refractivity contribution in [1.82, 2.24) is 4.98 Å². The third kappa shape index (κ3) is 2.68. The van der Waals surface area contributed by atoms with Gasteiger partial charge in [0.2, 0.25) is 0 Å². The van der Waals surface area contributed by atoms with Gasteiger partial charge in [0.05, 0.1) is 12.2 Å². The predicted molar refractivity (Wildman–Crippen MR) is 117 cm³/mol. The molecule has 3 heterocycles. The highest BCUT2D eigenvalue weighted by Crippen LogP contribution is 2.50. The molecule has 28 heavy (non-hydrogen) atoms. The molecule has 2 aromatic heterocycles. The summed E-state index contributed by atoms with van der Waals surface area (Å²) in [6.45, 7) is 2.34. The van der Waals surface area contributed by atoms with Crippen molar-refractivity contribution in [1.29, 1.82) is 0 Å². The van der Waals surface area contributed by atoms with Gasteiger partial charge in [0.25, 0.3) is 0 Å². The van der Waals surface area contributed by atoms with Crippen LogP contribution in [0.2, 0.25) is 0 Å². The first-order chi connectivity index (χ1) is 13.7. The van der Waals surface area contributed by atoms with Gasteiger partial charge >= 0.3 is 0 Å². The van der Waals surface area contributed by atoms with Crippen LogP contribution in [-0.4, -0.2) is 18.1 Å². The molecule has 2 atom stereocenters. The highest BCUT2D eigenvalue weighted by Gasteiger charge is 2.47. The van der Waals surface area contributed by atoms with Crippen molar-refractivity contribution >= 4 is 33.9 Å². The Morgan fingerprint density at radius 3 is 2.86 bits per heavy atom. The number of thiophene rings is 1. The zero-order valence-electron chi connectivity index (χ0n) is 16.0. The Morgan fingerprint density at radius 2 is 2.07 bits per heavy atom. The maximum Gasteiger partial charge on any atom is 0.194 e. The molecule has 3 nitrogen and oxygen atoms in total. The molecular weight excluding hydrogens is 364 g/mol. The third-order valence-electron chi connectivity index (χ3n) is 5.92. The van der Waals surface area contributed by atoms with Crippen LogP contribution in [0.5, 0.6) is 0 Å². The van der Waals surface area contributed by atoms with Crippen LogP contribution >= 0.6 is 11.3 Å². The summed E-state index contributed by atoms with van der Waals surface area (Å²) < 4.78 is 5.67. The summed E-state index contributed by atoms with van der Waals surface area (Å²) in [6, 6.07) is 17.6. The molecule has 5 rings (SSSR count). The largest absolute Gasteiger partial charge is 0.449 e. The Bertz CT molecular complexity index is 1130. The monoisotopic (exact) mass is 386 g/mol. The van der Waals surface area contributed by atoms with Crippen LogP contribution in [0.15, 0.2) is 76.9 Å². The van der Waals surface area contributed by atoms with E-state index in [-0.39, 0.29) is 11.5 Å². The number of fused-ring (bicyclic) bond motifs is 3. The van der Waals surface area contributed by atoms with Crippen LogP contribution in [0.1, 0.15) is 23.3 Å². The first-order valence-electron chi connectivity index (χ1n) is 9.52. The molecular formula is C24H22N2OS. The van der Waals surface area contributed by atoms with Gasteiger partial charge in [0, 0.05) is 29.4 Å². The molecule has 0 amide bonds. The lowest BCUT2D eigenvalue weighted by atomic mass is 9.73. The maximum atomic E-state index is 5.67. The van der Waals surface area contributed by atoms with E-state index in [1.807, 2.05) is 0 Å². The zero-order valence-corrected chi connectivity index (χ0v) is 16.8. The van der Waals surface area contributed by atoms with Gasteiger partial charge in [-0.25, -0.2) is 4.98 Å². The number of hydrogen-bond acceptors (Lipinski definition) is 4. The number of aromatic nitrogens is 1. The minimum absolute atomic E-state index is 0.149. The van der Waals surface area contributed by atoms with Crippen molar-refractivity contribution in [3.05, 3.63) is 88.8 Å². The van der Waals surface area contributed by atoms with Crippen molar-refractivity contribution in [3.8, 4) is 0 Å². The number of nitrogens with zero attached hydrogens (tertiary/aromatic N) is 2. The molecule has 0 spiro atoms. The van der Waals surface area contributed by atoms with Crippen LogP contribution in [0.4, 0.5) is 5.69 Å². The van der Waals surface area contributed by atoms with Crippen molar-refractivity contribution in [2.75, 3.05) is 11.9 Å². The van der Waals surface area contributed by atoms with Crippen LogP contribution in [0.25, 0.3) is 16.8 Å². The third-order valence-corrected chi connectivity index (χ3v) is 6.75. The van der Waals surface area contributed by atoms with Crippen LogP contribution in [0.3, 0.4) is 0 Å². The fraction of sp³-hybridized carbons (Fsp3) is 0.208. The van der Waals surface area contributed by atoms with Crippen LogP contribution < -0.4 is 4.90 Å². The Balaban J connectivity index is 1.69. The SMILES string of the molecule is CN1c2ccc3ccccc3c2C(C)(Cc2ncco2)C1/C=C/c1cccs1. The Morgan fingerprint density at radius 1 is 1.18 bits per heavy atom. The summed E-state index contributed by atoms with van der Waals surface area (Å²) in [4.78, 5) is 8.11. The molecule has 1 aliphatic rings. The average Bonchev–Trinajstić information content (AvgIpc) is 3.44. The predicted octanol–water partition coefficient (Wildman–Crippen LogP) is 5.92. The Labute approximate surface area is 169 Å². The molecule has 2 aromatic carbocycles. The molecule has 140 valence electrons. The second-order valence-electron chi connectivity index (χ2n) is 7.63. The molecule has 1 aliphatic heterocycles. The van der Waals surface area contributed by atoms with E-state index in [1.54, 1.807) is 23.8 Å². The van der Waals surface area contributed by atoms with E-state index in [0.29, 0.717) is 0 Å². The maximum absolute atomic E-state index is 5.67. The number of anilines is 1. The molecule has 4 heteroatoms. The molecule has 0 saturated heterocycles. The van der Waals surface area contributed by atoms with Gasteiger partial charge in [0.15, 0.2) is 5.89 Å². The van der Waals surface area contributed by atoms with E-state index in [4.69, 9.17) is 4.42 Å². The quantitative estimate of drug-likeness (QED) is 0.436. The standard InChI is InChI=1S/C24H22N2OS/c1-24(16-22-25-13-14-27-22)21(12-10-18-7-5-15-28-18)26(2)20-11-9-17-6-3-4-8-19(17)23(20)24/h3-15,21H,16H2,1-2H3/b12-10+. The molecule has 0 aliphatic carbocycles. The molecule has 0 radical (unpaired) electrons. The summed E-state index contributed by atoms with van der Waals surface area (Å²) in [5.41, 5.74) is 2.52.